The van der Waals surface area contributed by atoms with Crippen LogP contribution in [-0.4, -0.2) is 34.7 Å². The fourth-order valence-electron chi connectivity index (χ4n) is 3.69. The van der Waals surface area contributed by atoms with Crippen LogP contribution in [0.1, 0.15) is 72.6 Å². The lowest BCUT2D eigenvalue weighted by atomic mass is 9.84. The van der Waals surface area contributed by atoms with Gasteiger partial charge in [-0.2, -0.15) is 0 Å². The zero-order valence-electron chi connectivity index (χ0n) is 12.9. The Balaban J connectivity index is 2.60. The van der Waals surface area contributed by atoms with Gasteiger partial charge < -0.3 is 5.11 Å². The van der Waals surface area contributed by atoms with Crippen molar-refractivity contribution in [3.8, 4) is 0 Å². The van der Waals surface area contributed by atoms with Crippen LogP contribution in [0.3, 0.4) is 0 Å². The smallest absolute Gasteiger partial charge is 0.0723 e. The fraction of sp³-hybridized carbons (Fsp3) is 1.00. The van der Waals surface area contributed by atoms with E-state index in [0.29, 0.717) is 0 Å². The maximum absolute atomic E-state index is 10.7. The van der Waals surface area contributed by atoms with Crippen LogP contribution in [0.15, 0.2) is 0 Å². The van der Waals surface area contributed by atoms with Crippen molar-refractivity contribution >= 4 is 0 Å². The monoisotopic (exact) mass is 255 g/mol. The van der Waals surface area contributed by atoms with E-state index in [-0.39, 0.29) is 11.6 Å². The van der Waals surface area contributed by atoms with Gasteiger partial charge in [0.05, 0.1) is 6.10 Å². The number of nitrogens with zero attached hydrogens (tertiary/aromatic N) is 1. The molecule has 1 rings (SSSR count). The molecule has 1 fully saturated rings. The Hall–Kier alpha value is -0.0800. The molecule has 0 radical (unpaired) electrons. The number of rotatable bonds is 8. The Bertz CT molecular complexity index is 217. The summed E-state index contributed by atoms with van der Waals surface area (Å²) >= 11 is 0. The molecular weight excluding hydrogens is 222 g/mol. The van der Waals surface area contributed by atoms with Gasteiger partial charge in [-0.05, 0) is 38.3 Å². The highest BCUT2D eigenvalue weighted by Crippen LogP contribution is 2.39. The van der Waals surface area contributed by atoms with E-state index in [1.807, 2.05) is 0 Å². The maximum Gasteiger partial charge on any atom is 0.0723 e. The molecule has 1 aliphatic rings. The largest absolute Gasteiger partial charge is 0.391 e. The summed E-state index contributed by atoms with van der Waals surface area (Å²) in [4.78, 5) is 2.51. The topological polar surface area (TPSA) is 23.5 Å². The van der Waals surface area contributed by atoms with Gasteiger partial charge in [0.25, 0.3) is 0 Å². The average molecular weight is 255 g/mol. The van der Waals surface area contributed by atoms with Gasteiger partial charge in [-0.15, -0.1) is 0 Å². The van der Waals surface area contributed by atoms with Crippen LogP contribution in [0.25, 0.3) is 0 Å². The van der Waals surface area contributed by atoms with Gasteiger partial charge in [0, 0.05) is 5.54 Å². The molecule has 108 valence electrons. The van der Waals surface area contributed by atoms with Gasteiger partial charge in [-0.25, -0.2) is 0 Å². The SMILES string of the molecule is CCN(CC)C1(C(O)CCCC(C)C)CCCC1. The van der Waals surface area contributed by atoms with Gasteiger partial charge in [-0.1, -0.05) is 53.4 Å². The first-order chi connectivity index (χ1) is 8.56. The fourth-order valence-corrected chi connectivity index (χ4v) is 3.69. The number of hydrogen-bond acceptors (Lipinski definition) is 2. The van der Waals surface area contributed by atoms with E-state index in [9.17, 15) is 5.11 Å². The average Bonchev–Trinajstić information content (AvgIpc) is 2.80. The van der Waals surface area contributed by atoms with Crippen molar-refractivity contribution < 1.29 is 5.11 Å². The molecule has 0 bridgehead atoms. The minimum absolute atomic E-state index is 0.0977. The third kappa shape index (κ3) is 3.71. The van der Waals surface area contributed by atoms with Gasteiger partial charge in [0.2, 0.25) is 0 Å². The van der Waals surface area contributed by atoms with Gasteiger partial charge >= 0.3 is 0 Å². The molecule has 1 aliphatic carbocycles. The van der Waals surface area contributed by atoms with Crippen LogP contribution in [-0.2, 0) is 0 Å². The standard InChI is InChI=1S/C16H33NO/c1-5-17(6-2)16(12-7-8-13-16)15(18)11-9-10-14(3)4/h14-15,18H,5-13H2,1-4H3. The predicted octanol–water partition coefficient (Wildman–Crippen LogP) is 3.83. The molecular formula is C16H33NO. The first-order valence-corrected chi connectivity index (χ1v) is 8.00. The minimum atomic E-state index is -0.126. The molecule has 0 heterocycles. The van der Waals surface area contributed by atoms with Crippen LogP contribution >= 0.6 is 0 Å². The second-order valence-electron chi connectivity index (χ2n) is 6.32. The molecule has 0 aromatic heterocycles. The van der Waals surface area contributed by atoms with Gasteiger partial charge in [0.15, 0.2) is 0 Å². The van der Waals surface area contributed by atoms with E-state index in [0.717, 1.165) is 25.4 Å². The lowest BCUT2D eigenvalue weighted by molar-refractivity contribution is -0.0303. The van der Waals surface area contributed by atoms with Crippen molar-refractivity contribution in [1.29, 1.82) is 0 Å². The number of aliphatic hydroxyl groups excluding tert-OH is 1. The molecule has 1 N–H and O–H groups in total. The van der Waals surface area contributed by atoms with E-state index in [2.05, 4.69) is 32.6 Å². The van der Waals surface area contributed by atoms with Crippen molar-refractivity contribution in [1.82, 2.24) is 4.90 Å². The van der Waals surface area contributed by atoms with Crippen LogP contribution < -0.4 is 0 Å². The molecule has 0 amide bonds. The molecule has 2 nitrogen and oxygen atoms in total. The molecule has 18 heavy (non-hydrogen) atoms. The molecule has 1 saturated carbocycles. The Morgan fingerprint density at radius 3 is 2.06 bits per heavy atom. The molecule has 0 aromatic carbocycles. The highest BCUT2D eigenvalue weighted by atomic mass is 16.3. The first kappa shape index (κ1) is 16.0. The number of likely N-dealkylation sites (N-methyl/N-ethyl adjacent to an activating group) is 1. The van der Waals surface area contributed by atoms with E-state index < -0.39 is 0 Å². The highest BCUT2D eigenvalue weighted by molar-refractivity contribution is 4.99. The minimum Gasteiger partial charge on any atom is -0.391 e. The summed E-state index contributed by atoms with van der Waals surface area (Å²) in [5.41, 5.74) is 0.0977. The highest BCUT2D eigenvalue weighted by Gasteiger charge is 2.43. The summed E-state index contributed by atoms with van der Waals surface area (Å²) in [5.74, 6) is 0.755. The van der Waals surface area contributed by atoms with Crippen molar-refractivity contribution in [2.24, 2.45) is 5.92 Å². The van der Waals surface area contributed by atoms with Crippen LogP contribution in [0.5, 0.6) is 0 Å². The van der Waals surface area contributed by atoms with E-state index >= 15 is 0 Å². The van der Waals surface area contributed by atoms with E-state index in [4.69, 9.17) is 0 Å². The predicted molar refractivity (Wildman–Crippen MR) is 78.8 cm³/mol. The summed E-state index contributed by atoms with van der Waals surface area (Å²) in [6.07, 6.45) is 8.23. The van der Waals surface area contributed by atoms with Crippen molar-refractivity contribution in [3.63, 3.8) is 0 Å². The van der Waals surface area contributed by atoms with Crippen molar-refractivity contribution in [2.45, 2.75) is 84.3 Å². The summed E-state index contributed by atoms with van der Waals surface area (Å²) in [7, 11) is 0. The molecule has 2 heteroatoms. The number of hydrogen-bond donors (Lipinski definition) is 1. The Kier molecular flexibility index (Phi) is 6.65. The Morgan fingerprint density at radius 1 is 1.06 bits per heavy atom. The van der Waals surface area contributed by atoms with Crippen LogP contribution in [0, 0.1) is 5.92 Å². The third-order valence-electron chi connectivity index (χ3n) is 4.74. The summed E-state index contributed by atoms with van der Waals surface area (Å²) < 4.78 is 0. The van der Waals surface area contributed by atoms with Crippen LogP contribution in [0.2, 0.25) is 0 Å². The third-order valence-corrected chi connectivity index (χ3v) is 4.74. The first-order valence-electron chi connectivity index (χ1n) is 8.00. The van der Waals surface area contributed by atoms with Crippen LogP contribution in [0.4, 0.5) is 0 Å². The molecule has 0 saturated heterocycles. The maximum atomic E-state index is 10.7. The Morgan fingerprint density at radius 2 is 1.61 bits per heavy atom. The quantitative estimate of drug-likeness (QED) is 0.712. The second kappa shape index (κ2) is 7.49. The zero-order valence-corrected chi connectivity index (χ0v) is 12.9. The lowest BCUT2D eigenvalue weighted by Crippen LogP contribution is -2.54. The molecule has 1 unspecified atom stereocenters. The summed E-state index contributed by atoms with van der Waals surface area (Å²) in [6, 6.07) is 0. The summed E-state index contributed by atoms with van der Waals surface area (Å²) in [5, 5.41) is 10.7. The molecule has 0 spiro atoms. The van der Waals surface area contributed by atoms with E-state index in [1.165, 1.54) is 38.5 Å². The zero-order chi connectivity index (χ0) is 13.6. The lowest BCUT2D eigenvalue weighted by Gasteiger charge is -2.44. The molecule has 1 atom stereocenters. The normalized spacial score (nSPS) is 20.8. The second-order valence-corrected chi connectivity index (χ2v) is 6.32. The number of aliphatic hydroxyl groups is 1. The summed E-state index contributed by atoms with van der Waals surface area (Å²) in [6.45, 7) is 11.1. The van der Waals surface area contributed by atoms with Crippen molar-refractivity contribution in [2.75, 3.05) is 13.1 Å². The van der Waals surface area contributed by atoms with E-state index in [1.54, 1.807) is 0 Å². The molecule has 0 aliphatic heterocycles. The molecule has 0 aromatic rings. The van der Waals surface area contributed by atoms with Crippen molar-refractivity contribution in [3.05, 3.63) is 0 Å². The van der Waals surface area contributed by atoms with Gasteiger partial charge in [-0.3, -0.25) is 4.90 Å². The van der Waals surface area contributed by atoms with Gasteiger partial charge in [0.1, 0.15) is 0 Å². The Labute approximate surface area is 114 Å².